The average Bonchev–Trinajstić information content (AvgIpc) is 3.23. The number of rotatable bonds is 9. The van der Waals surface area contributed by atoms with Gasteiger partial charge < -0.3 is 19.4 Å². The highest BCUT2D eigenvalue weighted by Crippen LogP contribution is 2.27. The van der Waals surface area contributed by atoms with Crippen LogP contribution in [-0.2, 0) is 9.22 Å². The van der Waals surface area contributed by atoms with Gasteiger partial charge in [-0.05, 0) is 129 Å². The van der Waals surface area contributed by atoms with Gasteiger partial charge in [-0.2, -0.15) is 13.2 Å². The number of carboxylic acid groups (broad SMARTS) is 1. The predicted octanol–water partition coefficient (Wildman–Crippen LogP) is 9.08. The molecule has 5 aromatic rings. The number of halogens is 3. The standard InChI is InChI=1S/C49H45O3.C2HF3O2/c1-34-31-43(22-19-40(34)16-7-37-10-25-46(50-4)26-11-37)49(44-23-20-41(35(2)32-44)17-8-38-12-27-47(51-5)28-13-38)45-24-21-42(36(3)33-45)18-9-39-14-29-48(52-6)30-15-39;3-2(4,5)1(6)7/h7-33H,1-6H3;(H,6,7)/q+1;/p-1/b16-7+,17-8+,42-18+;. The Morgan fingerprint density at radius 2 is 1.08 bits per heavy atom. The fraction of sp³-hybridized carbons (Fsp3) is 0.137. The molecular formula is C51H45F3O5. The van der Waals surface area contributed by atoms with E-state index in [2.05, 4.69) is 148 Å². The summed E-state index contributed by atoms with van der Waals surface area (Å²) in [6.07, 6.45) is 15.9. The van der Waals surface area contributed by atoms with Gasteiger partial charge in [0.2, 0.25) is 0 Å². The predicted molar refractivity (Wildman–Crippen MR) is 231 cm³/mol. The maximum atomic E-state index is 10.5. The lowest BCUT2D eigenvalue weighted by molar-refractivity contribution is -0.417. The zero-order valence-electron chi connectivity index (χ0n) is 33.8. The number of ketones is 1. The molecule has 0 saturated carbocycles. The van der Waals surface area contributed by atoms with Gasteiger partial charge in [0, 0.05) is 12.2 Å². The molecule has 300 valence electrons. The summed E-state index contributed by atoms with van der Waals surface area (Å²) in [6.45, 7) is 6.56. The summed E-state index contributed by atoms with van der Waals surface area (Å²) < 4.78 is 47.5. The number of hydrogen-bond donors (Lipinski definition) is 0. The Morgan fingerprint density at radius 1 is 0.610 bits per heavy atom. The van der Waals surface area contributed by atoms with Crippen LogP contribution in [0.15, 0.2) is 139 Å². The van der Waals surface area contributed by atoms with Crippen molar-refractivity contribution in [3.8, 4) is 11.5 Å². The van der Waals surface area contributed by atoms with Gasteiger partial charge in [-0.25, -0.2) is 0 Å². The Hall–Kier alpha value is -6.93. The van der Waals surface area contributed by atoms with E-state index in [1.807, 2.05) is 36.4 Å². The first-order valence-electron chi connectivity index (χ1n) is 18.7. The first-order valence-corrected chi connectivity index (χ1v) is 18.7. The molecule has 0 atom stereocenters. The molecule has 8 heteroatoms. The van der Waals surface area contributed by atoms with Crippen LogP contribution in [0, 0.1) is 20.8 Å². The van der Waals surface area contributed by atoms with Crippen LogP contribution in [0.2, 0.25) is 0 Å². The molecule has 0 heterocycles. The molecule has 0 unspecified atom stereocenters. The minimum absolute atomic E-state index is 0.855. The normalized spacial score (nSPS) is 12.7. The van der Waals surface area contributed by atoms with Gasteiger partial charge in [0.25, 0.3) is 7.11 Å². The summed E-state index contributed by atoms with van der Waals surface area (Å²) in [5, 5.41) is 11.2. The van der Waals surface area contributed by atoms with Gasteiger partial charge in [0.15, 0.2) is 0 Å². The summed E-state index contributed by atoms with van der Waals surface area (Å²) >= 11 is 0. The van der Waals surface area contributed by atoms with Crippen LogP contribution in [-0.4, -0.2) is 39.3 Å². The number of aliphatic carboxylic acids is 1. The minimum atomic E-state index is -5.19. The summed E-state index contributed by atoms with van der Waals surface area (Å²) in [4.78, 5) is 8.78. The van der Waals surface area contributed by atoms with Crippen LogP contribution in [0.1, 0.15) is 50.1 Å². The number of allylic oxidation sites excluding steroid dienone is 6. The van der Waals surface area contributed by atoms with E-state index < -0.39 is 12.1 Å². The highest BCUT2D eigenvalue weighted by Gasteiger charge is 2.28. The first-order chi connectivity index (χ1) is 28.3. The molecule has 0 amide bonds. The Balaban J connectivity index is 0.000000867. The van der Waals surface area contributed by atoms with E-state index in [1.165, 1.54) is 55.0 Å². The van der Waals surface area contributed by atoms with Gasteiger partial charge >= 0.3 is 12.0 Å². The van der Waals surface area contributed by atoms with Gasteiger partial charge in [-0.1, -0.05) is 115 Å². The topological polar surface area (TPSA) is 69.9 Å². The van der Waals surface area contributed by atoms with Gasteiger partial charge in [0.05, 0.1) is 14.2 Å². The quantitative estimate of drug-likeness (QED) is 0.110. The molecule has 59 heavy (non-hydrogen) atoms. The van der Waals surface area contributed by atoms with Crippen molar-refractivity contribution in [2.24, 2.45) is 0 Å². The second-order valence-electron chi connectivity index (χ2n) is 13.7. The third-order valence-electron chi connectivity index (χ3n) is 9.62. The minimum Gasteiger partial charge on any atom is -0.542 e. The van der Waals surface area contributed by atoms with Crippen molar-refractivity contribution in [3.05, 3.63) is 200 Å². The van der Waals surface area contributed by atoms with E-state index in [0.717, 1.165) is 34.0 Å². The summed E-state index contributed by atoms with van der Waals surface area (Å²) in [5.74, 6) is -0.441. The molecule has 5 nitrogen and oxygen atoms in total. The van der Waals surface area contributed by atoms with E-state index >= 15 is 0 Å². The number of aryl methyl sites for hydroxylation is 3. The van der Waals surface area contributed by atoms with Gasteiger partial charge in [-0.15, -0.1) is 0 Å². The number of ether oxygens (including phenoxy) is 2. The van der Waals surface area contributed by atoms with E-state index in [-0.39, 0.29) is 0 Å². The van der Waals surface area contributed by atoms with E-state index in [1.54, 1.807) is 21.3 Å². The van der Waals surface area contributed by atoms with Crippen molar-refractivity contribution < 1.29 is 37.0 Å². The molecular weight excluding hydrogens is 750 g/mol. The van der Waals surface area contributed by atoms with Gasteiger partial charge in [0.1, 0.15) is 17.5 Å². The van der Waals surface area contributed by atoms with Crippen LogP contribution < -0.4 is 25.0 Å². The number of carbonyl (C=O) groups excluding carboxylic acids is 2. The third kappa shape index (κ3) is 12.0. The second kappa shape index (κ2) is 20.0. The molecule has 5 aromatic carbocycles. The number of hydrogen-bond acceptors (Lipinski definition) is 4. The lowest BCUT2D eigenvalue weighted by Gasteiger charge is -2.14. The molecule has 0 N–H and O–H groups in total. The summed E-state index contributed by atoms with van der Waals surface area (Å²) in [5.41, 5.74) is 13.0. The second-order valence-corrected chi connectivity index (χ2v) is 13.7. The molecule has 0 aromatic heterocycles. The van der Waals surface area contributed by atoms with Crippen molar-refractivity contribution in [2.75, 3.05) is 21.3 Å². The molecule has 1 aliphatic carbocycles. The number of methoxy groups -OCH3 is 2. The smallest absolute Gasteiger partial charge is 0.430 e. The SMILES string of the molecule is COc1ccc(/C=C/c2ccc(C(c3ccc(/C=C/c4ccc(OC)cc4)c(C)c3)=c3cc/c(=C\C=C4C=CC(=[O+]C)C=C4)c(C)c3)cc2C)cc1.O=C([O-])C(F)(F)F. The van der Waals surface area contributed by atoms with Gasteiger partial charge in [-0.3, -0.25) is 4.42 Å². The van der Waals surface area contributed by atoms with E-state index in [9.17, 15) is 13.2 Å². The largest absolute Gasteiger partial charge is 0.542 e. The number of benzene rings is 5. The summed E-state index contributed by atoms with van der Waals surface area (Å²) in [7, 11) is 5.07. The van der Waals surface area contributed by atoms with Crippen molar-refractivity contribution in [1.29, 1.82) is 0 Å². The van der Waals surface area contributed by atoms with Crippen LogP contribution in [0.5, 0.6) is 11.5 Å². The van der Waals surface area contributed by atoms with Crippen LogP contribution >= 0.6 is 0 Å². The molecule has 6 rings (SSSR count). The Labute approximate surface area is 343 Å². The maximum Gasteiger partial charge on any atom is 0.430 e. The molecule has 0 saturated heterocycles. The van der Waals surface area contributed by atoms with Crippen molar-refractivity contribution >= 4 is 47.7 Å². The van der Waals surface area contributed by atoms with Crippen LogP contribution in [0.25, 0.3) is 36.0 Å². The Kier molecular flexibility index (Phi) is 14.6. The summed E-state index contributed by atoms with van der Waals surface area (Å²) in [6, 6.07) is 36.6. The fourth-order valence-corrected chi connectivity index (χ4v) is 6.26. The van der Waals surface area contributed by atoms with Crippen molar-refractivity contribution in [1.82, 2.24) is 0 Å². The lowest BCUT2D eigenvalue weighted by atomic mass is 9.90. The molecule has 0 aliphatic heterocycles. The zero-order valence-corrected chi connectivity index (χ0v) is 33.8. The lowest BCUT2D eigenvalue weighted by Crippen LogP contribution is -2.37. The average molecular weight is 795 g/mol. The Bertz CT molecular complexity index is 2480. The third-order valence-corrected chi connectivity index (χ3v) is 9.62. The zero-order chi connectivity index (χ0) is 42.5. The Morgan fingerprint density at radius 3 is 1.47 bits per heavy atom. The monoisotopic (exact) mass is 794 g/mol. The molecule has 0 radical (unpaired) electrons. The molecule has 0 bridgehead atoms. The fourth-order valence-electron chi connectivity index (χ4n) is 6.26. The molecule has 1 aliphatic rings. The highest BCUT2D eigenvalue weighted by atomic mass is 19.4. The number of carbonyl (C=O) groups is 1. The van der Waals surface area contributed by atoms with Crippen LogP contribution in [0.4, 0.5) is 13.2 Å². The maximum absolute atomic E-state index is 10.5. The number of carboxylic acids is 1. The highest BCUT2D eigenvalue weighted by molar-refractivity contribution is 6.01. The van der Waals surface area contributed by atoms with Crippen molar-refractivity contribution in [2.45, 2.75) is 26.9 Å². The first kappa shape index (κ1) is 43.2. The van der Waals surface area contributed by atoms with Crippen LogP contribution in [0.3, 0.4) is 0 Å². The number of alkyl halides is 3. The molecule has 0 fully saturated rings. The van der Waals surface area contributed by atoms with E-state index in [4.69, 9.17) is 23.8 Å². The van der Waals surface area contributed by atoms with E-state index in [0.29, 0.717) is 0 Å². The van der Waals surface area contributed by atoms with Crippen molar-refractivity contribution in [3.63, 3.8) is 0 Å². The molecule has 0 spiro atoms.